The maximum atomic E-state index is 4.88. The van der Waals surface area contributed by atoms with Gasteiger partial charge in [0.05, 0.1) is 12.0 Å². The lowest BCUT2D eigenvalue weighted by atomic mass is 9.77. The van der Waals surface area contributed by atoms with E-state index in [1.165, 1.54) is 48.8 Å². The summed E-state index contributed by atoms with van der Waals surface area (Å²) in [5.74, 6) is 0. The van der Waals surface area contributed by atoms with Crippen molar-refractivity contribution >= 4 is 0 Å². The smallest absolute Gasteiger partial charge is 0.121 e. The first-order chi connectivity index (χ1) is 16.9. The van der Waals surface area contributed by atoms with Crippen LogP contribution in [0.3, 0.4) is 0 Å². The van der Waals surface area contributed by atoms with E-state index in [-0.39, 0.29) is 0 Å². The quantitative estimate of drug-likeness (QED) is 0.219. The number of benzene rings is 3. The predicted octanol–water partition coefficient (Wildman–Crippen LogP) is 6.58. The fourth-order valence-electron chi connectivity index (χ4n) is 5.53. The second kappa shape index (κ2) is 10.8. The number of aromatic nitrogens is 2. The summed E-state index contributed by atoms with van der Waals surface area (Å²) in [4.78, 5) is 4.88. The fourth-order valence-corrected chi connectivity index (χ4v) is 5.53. The minimum atomic E-state index is -0.473. The van der Waals surface area contributed by atoms with E-state index in [1.54, 1.807) is 0 Å². The average molecular weight is 450 g/mol. The highest BCUT2D eigenvalue weighted by molar-refractivity contribution is 5.50. The minimum absolute atomic E-state index is 0.473. The lowest BCUT2D eigenvalue weighted by Crippen LogP contribution is -2.36. The molecule has 1 aliphatic rings. The Morgan fingerprint density at radius 3 is 1.79 bits per heavy atom. The lowest BCUT2D eigenvalue weighted by molar-refractivity contribution is 0.506. The molecule has 5 rings (SSSR count). The Bertz CT molecular complexity index is 1030. The van der Waals surface area contributed by atoms with Gasteiger partial charge in [-0.25, -0.2) is 4.98 Å². The molecular formula is C31H35N3. The third-order valence-corrected chi connectivity index (χ3v) is 7.25. The minimum Gasteiger partial charge on any atom is -0.319 e. The molecule has 1 fully saturated rings. The van der Waals surface area contributed by atoms with E-state index in [0.717, 1.165) is 31.1 Å². The SMILES string of the molecule is c1ccc(C(c2ccccc2)(c2ccccc2)n2cnc(CCCCNC3CCCC3)c2)cc1. The molecule has 174 valence electrons. The number of hydrogen-bond acceptors (Lipinski definition) is 2. The number of unbranched alkanes of at least 4 members (excludes halogenated alkanes) is 1. The second-order valence-corrected chi connectivity index (χ2v) is 9.47. The number of aryl methyl sites for hydroxylation is 1. The van der Waals surface area contributed by atoms with Crippen LogP contribution in [0.2, 0.25) is 0 Å². The van der Waals surface area contributed by atoms with Gasteiger partial charge in [-0.2, -0.15) is 0 Å². The fraction of sp³-hybridized carbons (Fsp3) is 0.323. The van der Waals surface area contributed by atoms with Crippen LogP contribution in [-0.2, 0) is 12.0 Å². The zero-order valence-electron chi connectivity index (χ0n) is 19.9. The van der Waals surface area contributed by atoms with Gasteiger partial charge in [-0.3, -0.25) is 0 Å². The zero-order valence-corrected chi connectivity index (χ0v) is 19.9. The third kappa shape index (κ3) is 4.71. The average Bonchev–Trinajstić information content (AvgIpc) is 3.59. The molecule has 3 aromatic carbocycles. The van der Waals surface area contributed by atoms with E-state index in [9.17, 15) is 0 Å². The van der Waals surface area contributed by atoms with Crippen LogP contribution in [-0.4, -0.2) is 22.1 Å². The number of nitrogens with zero attached hydrogens (tertiary/aromatic N) is 2. The van der Waals surface area contributed by atoms with Gasteiger partial charge in [-0.05, 0) is 55.3 Å². The first-order valence-corrected chi connectivity index (χ1v) is 12.8. The summed E-state index contributed by atoms with van der Waals surface area (Å²) in [5.41, 5.74) is 4.39. The molecule has 4 aromatic rings. The largest absolute Gasteiger partial charge is 0.319 e. The van der Waals surface area contributed by atoms with Crippen molar-refractivity contribution in [3.63, 3.8) is 0 Å². The first kappa shape index (κ1) is 22.6. The van der Waals surface area contributed by atoms with Crippen molar-refractivity contribution in [3.05, 3.63) is 126 Å². The molecule has 0 radical (unpaired) electrons. The van der Waals surface area contributed by atoms with Crippen molar-refractivity contribution in [2.24, 2.45) is 0 Å². The molecule has 34 heavy (non-hydrogen) atoms. The molecule has 0 spiro atoms. The monoisotopic (exact) mass is 449 g/mol. The first-order valence-electron chi connectivity index (χ1n) is 12.8. The highest BCUT2D eigenvalue weighted by atomic mass is 15.1. The Hall–Kier alpha value is -3.17. The molecule has 1 saturated carbocycles. The third-order valence-electron chi connectivity index (χ3n) is 7.25. The molecule has 0 saturated heterocycles. The highest BCUT2D eigenvalue weighted by Gasteiger charge is 2.38. The van der Waals surface area contributed by atoms with Crippen molar-refractivity contribution in [1.29, 1.82) is 0 Å². The molecule has 0 unspecified atom stereocenters. The maximum absolute atomic E-state index is 4.88. The summed E-state index contributed by atoms with van der Waals surface area (Å²) >= 11 is 0. The Morgan fingerprint density at radius 2 is 1.26 bits per heavy atom. The van der Waals surface area contributed by atoms with Crippen molar-refractivity contribution < 1.29 is 0 Å². The predicted molar refractivity (Wildman–Crippen MR) is 140 cm³/mol. The van der Waals surface area contributed by atoms with E-state index in [1.807, 2.05) is 6.33 Å². The molecule has 3 nitrogen and oxygen atoms in total. The molecule has 1 heterocycles. The van der Waals surface area contributed by atoms with Gasteiger partial charge >= 0.3 is 0 Å². The van der Waals surface area contributed by atoms with Crippen LogP contribution in [0.25, 0.3) is 0 Å². The summed E-state index contributed by atoms with van der Waals surface area (Å²) in [6, 6.07) is 33.2. The van der Waals surface area contributed by atoms with Crippen LogP contribution in [0.5, 0.6) is 0 Å². The van der Waals surface area contributed by atoms with Gasteiger partial charge in [-0.15, -0.1) is 0 Å². The Kier molecular flexibility index (Phi) is 7.21. The molecule has 1 aliphatic carbocycles. The van der Waals surface area contributed by atoms with Gasteiger partial charge in [0.15, 0.2) is 0 Å². The van der Waals surface area contributed by atoms with Crippen molar-refractivity contribution in [2.45, 2.75) is 56.5 Å². The van der Waals surface area contributed by atoms with Gasteiger partial charge in [0.1, 0.15) is 5.54 Å². The molecule has 3 heteroatoms. The van der Waals surface area contributed by atoms with E-state index in [2.05, 4.69) is 107 Å². The van der Waals surface area contributed by atoms with Crippen LogP contribution in [0.1, 0.15) is 60.9 Å². The maximum Gasteiger partial charge on any atom is 0.121 e. The molecular weight excluding hydrogens is 414 g/mol. The van der Waals surface area contributed by atoms with Crippen LogP contribution in [0.4, 0.5) is 0 Å². The number of nitrogens with one attached hydrogen (secondary N) is 1. The summed E-state index contributed by atoms with van der Waals surface area (Å²) in [6.45, 7) is 1.12. The molecule has 0 atom stereocenters. The summed E-state index contributed by atoms with van der Waals surface area (Å²) in [6.07, 6.45) is 13.1. The summed E-state index contributed by atoms with van der Waals surface area (Å²) < 4.78 is 2.32. The van der Waals surface area contributed by atoms with Gasteiger partial charge in [0.2, 0.25) is 0 Å². The molecule has 0 amide bonds. The van der Waals surface area contributed by atoms with E-state index < -0.39 is 5.54 Å². The molecule has 1 N–H and O–H groups in total. The van der Waals surface area contributed by atoms with Gasteiger partial charge in [0, 0.05) is 12.2 Å². The second-order valence-electron chi connectivity index (χ2n) is 9.47. The van der Waals surface area contributed by atoms with E-state index in [4.69, 9.17) is 4.98 Å². The zero-order chi connectivity index (χ0) is 23.1. The molecule has 1 aromatic heterocycles. The Labute approximate surface area is 203 Å². The van der Waals surface area contributed by atoms with Crippen LogP contribution < -0.4 is 5.32 Å². The topological polar surface area (TPSA) is 29.9 Å². The van der Waals surface area contributed by atoms with Gasteiger partial charge < -0.3 is 9.88 Å². The highest BCUT2D eigenvalue weighted by Crippen LogP contribution is 2.40. The number of hydrogen-bond donors (Lipinski definition) is 1. The van der Waals surface area contributed by atoms with Crippen LogP contribution in [0, 0.1) is 0 Å². The Balaban J connectivity index is 1.44. The lowest BCUT2D eigenvalue weighted by Gasteiger charge is -2.37. The number of rotatable bonds is 10. The van der Waals surface area contributed by atoms with Gasteiger partial charge in [0.25, 0.3) is 0 Å². The summed E-state index contributed by atoms with van der Waals surface area (Å²) in [7, 11) is 0. The standard InChI is InChI=1S/C31H35N3/c1-4-14-26(15-5-1)31(27-16-6-2-7-17-27,28-18-8-3-9-19-28)34-24-30(33-25-34)22-12-13-23-32-29-20-10-11-21-29/h1-9,14-19,24-25,29,32H,10-13,20-23H2. The van der Waals surface area contributed by atoms with Crippen LogP contribution in [0.15, 0.2) is 104 Å². The van der Waals surface area contributed by atoms with Crippen molar-refractivity contribution in [1.82, 2.24) is 14.9 Å². The van der Waals surface area contributed by atoms with Gasteiger partial charge in [-0.1, -0.05) is 104 Å². The number of imidazole rings is 1. The van der Waals surface area contributed by atoms with Crippen LogP contribution >= 0.6 is 0 Å². The van der Waals surface area contributed by atoms with Crippen molar-refractivity contribution in [2.75, 3.05) is 6.54 Å². The molecule has 0 bridgehead atoms. The Morgan fingerprint density at radius 1 is 0.735 bits per heavy atom. The van der Waals surface area contributed by atoms with E-state index in [0.29, 0.717) is 0 Å². The summed E-state index contributed by atoms with van der Waals surface area (Å²) in [5, 5.41) is 3.74. The van der Waals surface area contributed by atoms with Crippen molar-refractivity contribution in [3.8, 4) is 0 Å². The normalized spacial score (nSPS) is 14.5. The molecule has 0 aliphatic heterocycles. The van der Waals surface area contributed by atoms with E-state index >= 15 is 0 Å².